The van der Waals surface area contributed by atoms with Crippen LogP contribution in [-0.2, 0) is 17.9 Å². The van der Waals surface area contributed by atoms with Gasteiger partial charge in [-0.05, 0) is 24.6 Å². The van der Waals surface area contributed by atoms with Crippen molar-refractivity contribution in [3.8, 4) is 0 Å². The molecule has 0 fully saturated rings. The highest BCUT2D eigenvalue weighted by Gasteiger charge is 2.09. The Morgan fingerprint density at radius 2 is 2.13 bits per heavy atom. The van der Waals surface area contributed by atoms with E-state index in [4.69, 9.17) is 26.6 Å². The van der Waals surface area contributed by atoms with Gasteiger partial charge in [-0.15, -0.1) is 0 Å². The molecule has 0 bridgehead atoms. The normalized spacial score (nSPS) is 10.3. The molecule has 3 N–H and O–H groups in total. The largest absolute Gasteiger partial charge is 0.483 e. The molecule has 6 nitrogen and oxygen atoms in total. The van der Waals surface area contributed by atoms with E-state index in [1.54, 1.807) is 18.3 Å². The van der Waals surface area contributed by atoms with E-state index in [0.717, 1.165) is 17.1 Å². The zero-order valence-corrected chi connectivity index (χ0v) is 13.4. The standard InChI is InChI=1S/C14H17ClFN3O.CH2O2/c1-10-17-7-12(18-10)9-19(4-5-20)8-11-2-3-14(16)13(15)6-11;2-1-3/h2-3,6-7,20H,4-5,8-9H2,1H3,(H,17,18);1H,(H,2,3). The summed E-state index contributed by atoms with van der Waals surface area (Å²) in [5, 5.41) is 16.1. The van der Waals surface area contributed by atoms with Gasteiger partial charge in [0.2, 0.25) is 0 Å². The summed E-state index contributed by atoms with van der Waals surface area (Å²) >= 11 is 5.78. The lowest BCUT2D eigenvalue weighted by Gasteiger charge is -2.20. The Morgan fingerprint density at radius 1 is 1.43 bits per heavy atom. The second kappa shape index (κ2) is 9.94. The Hall–Kier alpha value is -1.96. The number of nitrogens with one attached hydrogen (secondary N) is 1. The quantitative estimate of drug-likeness (QED) is 0.700. The van der Waals surface area contributed by atoms with Gasteiger partial charge in [0.15, 0.2) is 0 Å². The van der Waals surface area contributed by atoms with Gasteiger partial charge in [0.25, 0.3) is 6.47 Å². The number of carboxylic acid groups (broad SMARTS) is 1. The Labute approximate surface area is 138 Å². The molecule has 0 atom stereocenters. The van der Waals surface area contributed by atoms with Crippen LogP contribution in [0.1, 0.15) is 17.1 Å². The first kappa shape index (κ1) is 19.1. The second-order valence-corrected chi connectivity index (χ2v) is 5.19. The molecule has 1 aromatic heterocycles. The molecule has 23 heavy (non-hydrogen) atoms. The molecule has 126 valence electrons. The molecule has 0 saturated carbocycles. The van der Waals surface area contributed by atoms with Crippen molar-refractivity contribution in [3.05, 3.63) is 52.3 Å². The summed E-state index contributed by atoms with van der Waals surface area (Å²) in [5.41, 5.74) is 1.88. The minimum atomic E-state index is -0.423. The van der Waals surface area contributed by atoms with E-state index in [9.17, 15) is 4.39 Å². The van der Waals surface area contributed by atoms with Crippen LogP contribution in [0.2, 0.25) is 5.02 Å². The summed E-state index contributed by atoms with van der Waals surface area (Å²) in [4.78, 5) is 17.7. The van der Waals surface area contributed by atoms with Crippen LogP contribution < -0.4 is 0 Å². The van der Waals surface area contributed by atoms with E-state index in [1.807, 2.05) is 11.8 Å². The third kappa shape index (κ3) is 6.77. The zero-order valence-electron chi connectivity index (χ0n) is 12.7. The van der Waals surface area contributed by atoms with Gasteiger partial charge in [0.05, 0.1) is 11.6 Å². The molecule has 0 aliphatic carbocycles. The molecule has 0 aliphatic heterocycles. The number of rotatable bonds is 6. The van der Waals surface area contributed by atoms with Crippen LogP contribution in [0.4, 0.5) is 4.39 Å². The van der Waals surface area contributed by atoms with Gasteiger partial charge in [-0.25, -0.2) is 9.37 Å². The Morgan fingerprint density at radius 3 is 2.65 bits per heavy atom. The maximum absolute atomic E-state index is 13.1. The molecule has 0 radical (unpaired) electrons. The minimum Gasteiger partial charge on any atom is -0.483 e. The van der Waals surface area contributed by atoms with E-state index in [1.165, 1.54) is 6.07 Å². The van der Waals surface area contributed by atoms with E-state index in [-0.39, 0.29) is 18.1 Å². The Balaban J connectivity index is 0.000000816. The SMILES string of the molecule is Cc1ncc(CN(CCO)Cc2ccc(F)c(Cl)c2)[nH]1.O=CO. The highest BCUT2D eigenvalue weighted by atomic mass is 35.5. The number of aryl methyl sites for hydroxylation is 1. The number of imidazole rings is 1. The summed E-state index contributed by atoms with van der Waals surface area (Å²) in [5.74, 6) is 0.432. The number of H-pyrrole nitrogens is 1. The fourth-order valence-electron chi connectivity index (χ4n) is 2.04. The lowest BCUT2D eigenvalue weighted by Crippen LogP contribution is -2.26. The molecule has 2 rings (SSSR count). The maximum atomic E-state index is 13.1. The highest BCUT2D eigenvalue weighted by Crippen LogP contribution is 2.17. The van der Waals surface area contributed by atoms with Gasteiger partial charge in [-0.3, -0.25) is 9.69 Å². The van der Waals surface area contributed by atoms with Gasteiger partial charge in [-0.1, -0.05) is 17.7 Å². The topological polar surface area (TPSA) is 89.5 Å². The molecule has 0 spiro atoms. The van der Waals surface area contributed by atoms with Crippen LogP contribution in [0.3, 0.4) is 0 Å². The van der Waals surface area contributed by atoms with Crippen molar-refractivity contribution in [1.82, 2.24) is 14.9 Å². The van der Waals surface area contributed by atoms with Crippen molar-refractivity contribution >= 4 is 18.1 Å². The van der Waals surface area contributed by atoms with E-state index in [0.29, 0.717) is 19.6 Å². The number of nitrogens with zero attached hydrogens (tertiary/aromatic N) is 2. The molecule has 0 amide bonds. The van der Waals surface area contributed by atoms with Crippen LogP contribution in [0.15, 0.2) is 24.4 Å². The number of hydrogen-bond donors (Lipinski definition) is 3. The van der Waals surface area contributed by atoms with Crippen molar-refractivity contribution in [3.63, 3.8) is 0 Å². The van der Waals surface area contributed by atoms with E-state index in [2.05, 4.69) is 9.97 Å². The molecule has 0 unspecified atom stereocenters. The summed E-state index contributed by atoms with van der Waals surface area (Å²) < 4.78 is 13.1. The third-order valence-corrected chi connectivity index (χ3v) is 3.25. The lowest BCUT2D eigenvalue weighted by molar-refractivity contribution is -0.122. The lowest BCUT2D eigenvalue weighted by atomic mass is 10.2. The van der Waals surface area contributed by atoms with Crippen molar-refractivity contribution in [2.45, 2.75) is 20.0 Å². The Kier molecular flexibility index (Phi) is 8.25. The Bertz CT molecular complexity index is 622. The predicted molar refractivity (Wildman–Crippen MR) is 84.6 cm³/mol. The number of aromatic amines is 1. The molecule has 0 saturated heterocycles. The van der Waals surface area contributed by atoms with Crippen LogP contribution in [0.5, 0.6) is 0 Å². The number of aliphatic hydroxyl groups is 1. The van der Waals surface area contributed by atoms with Crippen molar-refractivity contribution < 1.29 is 19.4 Å². The molecule has 1 aromatic carbocycles. The van der Waals surface area contributed by atoms with E-state index >= 15 is 0 Å². The third-order valence-electron chi connectivity index (χ3n) is 2.96. The smallest absolute Gasteiger partial charge is 0.290 e. The molecule has 8 heteroatoms. The van der Waals surface area contributed by atoms with Crippen LogP contribution in [0, 0.1) is 12.7 Å². The molecular weight excluding hydrogens is 325 g/mol. The maximum Gasteiger partial charge on any atom is 0.290 e. The van der Waals surface area contributed by atoms with Gasteiger partial charge in [0.1, 0.15) is 11.6 Å². The average molecular weight is 344 g/mol. The van der Waals surface area contributed by atoms with Crippen molar-refractivity contribution in [2.24, 2.45) is 0 Å². The number of halogens is 2. The fraction of sp³-hybridized carbons (Fsp3) is 0.333. The summed E-state index contributed by atoms with van der Waals surface area (Å²) in [6.07, 6.45) is 1.78. The number of carbonyl (C=O) groups is 1. The number of benzene rings is 1. The van der Waals surface area contributed by atoms with Crippen LogP contribution in [-0.4, -0.2) is 44.7 Å². The summed E-state index contributed by atoms with van der Waals surface area (Å²) in [6.45, 7) is 3.43. The number of aliphatic hydroxyl groups excluding tert-OH is 1. The highest BCUT2D eigenvalue weighted by molar-refractivity contribution is 6.30. The second-order valence-electron chi connectivity index (χ2n) is 4.78. The molecule has 0 aliphatic rings. The summed E-state index contributed by atoms with van der Waals surface area (Å²) in [7, 11) is 0. The predicted octanol–water partition coefficient (Wildman–Crippen LogP) is 2.21. The fourth-order valence-corrected chi connectivity index (χ4v) is 2.25. The number of hydrogen-bond acceptors (Lipinski definition) is 4. The number of aromatic nitrogens is 2. The van der Waals surface area contributed by atoms with Gasteiger partial charge < -0.3 is 15.2 Å². The monoisotopic (exact) mass is 343 g/mol. The van der Waals surface area contributed by atoms with Crippen LogP contribution >= 0.6 is 11.6 Å². The molecule has 2 aromatic rings. The van der Waals surface area contributed by atoms with Gasteiger partial charge in [-0.2, -0.15) is 0 Å². The molecular formula is C15H19ClFN3O3. The summed E-state index contributed by atoms with van der Waals surface area (Å²) in [6, 6.07) is 4.67. The average Bonchev–Trinajstić information content (AvgIpc) is 2.89. The molecule has 1 heterocycles. The first-order valence-electron chi connectivity index (χ1n) is 6.85. The van der Waals surface area contributed by atoms with Crippen LogP contribution in [0.25, 0.3) is 0 Å². The zero-order chi connectivity index (χ0) is 17.2. The first-order valence-corrected chi connectivity index (χ1v) is 7.23. The van der Waals surface area contributed by atoms with E-state index < -0.39 is 5.82 Å². The van der Waals surface area contributed by atoms with Crippen molar-refractivity contribution in [1.29, 1.82) is 0 Å². The van der Waals surface area contributed by atoms with Gasteiger partial charge >= 0.3 is 0 Å². The minimum absolute atomic E-state index is 0.0576. The van der Waals surface area contributed by atoms with Crippen molar-refractivity contribution in [2.75, 3.05) is 13.2 Å². The van der Waals surface area contributed by atoms with Gasteiger partial charge in [0, 0.05) is 31.5 Å². The first-order chi connectivity index (χ1) is 11.0.